The van der Waals surface area contributed by atoms with Crippen LogP contribution in [0.2, 0.25) is 0 Å². The number of ether oxygens (including phenoxy) is 1. The molecule has 1 heterocycles. The van der Waals surface area contributed by atoms with Crippen LogP contribution in [0.15, 0.2) is 36.4 Å². The Kier molecular flexibility index (Phi) is 3.61. The monoisotopic (exact) mass is 259 g/mol. The fourth-order valence-corrected chi connectivity index (χ4v) is 1.71. The van der Waals surface area contributed by atoms with Gasteiger partial charge in [-0.1, -0.05) is 18.2 Å². The van der Waals surface area contributed by atoms with Gasteiger partial charge in [-0.05, 0) is 25.1 Å². The van der Waals surface area contributed by atoms with E-state index in [2.05, 4.69) is 4.98 Å². The molecular formula is C13H13N3O3. The highest BCUT2D eigenvalue weighted by Gasteiger charge is 2.18. The lowest BCUT2D eigenvalue weighted by Crippen LogP contribution is -2.03. The van der Waals surface area contributed by atoms with Crippen LogP contribution in [0.5, 0.6) is 5.75 Å². The molecule has 6 nitrogen and oxygen atoms in total. The summed E-state index contributed by atoms with van der Waals surface area (Å²) < 4.78 is 5.46. The third kappa shape index (κ3) is 2.98. The minimum absolute atomic E-state index is 0.0218. The van der Waals surface area contributed by atoms with Crippen molar-refractivity contribution in [1.82, 2.24) is 4.98 Å². The quantitative estimate of drug-likeness (QED) is 0.672. The lowest BCUT2D eigenvalue weighted by Gasteiger charge is -2.08. The number of aryl methyl sites for hydroxylation is 1. The zero-order valence-corrected chi connectivity index (χ0v) is 10.4. The zero-order chi connectivity index (χ0) is 13.8. The number of nitrogens with two attached hydrogens (primary N) is 1. The van der Waals surface area contributed by atoms with Gasteiger partial charge in [-0.3, -0.25) is 10.1 Å². The molecular weight excluding hydrogens is 246 g/mol. The number of pyridine rings is 1. The summed E-state index contributed by atoms with van der Waals surface area (Å²) in [5.41, 5.74) is 6.71. The van der Waals surface area contributed by atoms with Crippen LogP contribution >= 0.6 is 0 Å². The van der Waals surface area contributed by atoms with Gasteiger partial charge in [-0.25, -0.2) is 4.98 Å². The molecule has 0 amide bonds. The van der Waals surface area contributed by atoms with E-state index in [0.717, 1.165) is 0 Å². The van der Waals surface area contributed by atoms with E-state index >= 15 is 0 Å². The SMILES string of the molecule is Cc1cccc(OCc2cccc(N)n2)c1[N+](=O)[O-]. The van der Waals surface area contributed by atoms with E-state index in [1.54, 1.807) is 43.3 Å². The lowest BCUT2D eigenvalue weighted by atomic mass is 10.2. The highest BCUT2D eigenvalue weighted by molar-refractivity contribution is 5.52. The van der Waals surface area contributed by atoms with Crippen molar-refractivity contribution in [2.75, 3.05) is 5.73 Å². The number of nitro benzene ring substituents is 1. The fraction of sp³-hybridized carbons (Fsp3) is 0.154. The van der Waals surface area contributed by atoms with Gasteiger partial charge >= 0.3 is 5.69 Å². The van der Waals surface area contributed by atoms with E-state index in [1.807, 2.05) is 0 Å². The first-order chi connectivity index (χ1) is 9.08. The van der Waals surface area contributed by atoms with Gasteiger partial charge in [0.05, 0.1) is 10.6 Å². The average Bonchev–Trinajstić information content (AvgIpc) is 2.36. The second-order valence-electron chi connectivity index (χ2n) is 4.02. The molecule has 0 fully saturated rings. The van der Waals surface area contributed by atoms with Crippen LogP contribution in [0.3, 0.4) is 0 Å². The molecule has 98 valence electrons. The standard InChI is InChI=1S/C13H13N3O3/c1-9-4-2-6-11(13(9)16(17)18)19-8-10-5-3-7-12(14)15-10/h2-7H,8H2,1H3,(H2,14,15). The average molecular weight is 259 g/mol. The summed E-state index contributed by atoms with van der Waals surface area (Å²) in [5, 5.41) is 11.0. The smallest absolute Gasteiger partial charge is 0.313 e. The summed E-state index contributed by atoms with van der Waals surface area (Å²) in [6, 6.07) is 10.1. The predicted octanol–water partition coefficient (Wildman–Crippen LogP) is 2.46. The van der Waals surface area contributed by atoms with Crippen molar-refractivity contribution in [3.63, 3.8) is 0 Å². The Morgan fingerprint density at radius 3 is 2.74 bits per heavy atom. The number of aromatic nitrogens is 1. The topological polar surface area (TPSA) is 91.3 Å². The van der Waals surface area contributed by atoms with E-state index < -0.39 is 4.92 Å². The highest BCUT2D eigenvalue weighted by atomic mass is 16.6. The third-order valence-electron chi connectivity index (χ3n) is 2.59. The van der Waals surface area contributed by atoms with E-state index in [0.29, 0.717) is 17.1 Å². The molecule has 0 spiro atoms. The van der Waals surface area contributed by atoms with Gasteiger partial charge in [-0.15, -0.1) is 0 Å². The number of anilines is 1. The molecule has 2 rings (SSSR count). The van der Waals surface area contributed by atoms with Gasteiger partial charge in [0.15, 0.2) is 5.75 Å². The molecule has 0 aliphatic heterocycles. The molecule has 0 atom stereocenters. The molecule has 2 N–H and O–H groups in total. The number of benzene rings is 1. The van der Waals surface area contributed by atoms with E-state index in [-0.39, 0.29) is 18.0 Å². The van der Waals surface area contributed by atoms with Crippen molar-refractivity contribution in [2.45, 2.75) is 13.5 Å². The summed E-state index contributed by atoms with van der Waals surface area (Å²) in [5.74, 6) is 0.620. The van der Waals surface area contributed by atoms with E-state index in [9.17, 15) is 10.1 Å². The Morgan fingerprint density at radius 1 is 1.32 bits per heavy atom. The Balaban J connectivity index is 2.20. The van der Waals surface area contributed by atoms with Gasteiger partial charge in [0, 0.05) is 5.56 Å². The van der Waals surface area contributed by atoms with Crippen LogP contribution < -0.4 is 10.5 Å². The Labute approximate surface area is 110 Å². The number of nitro groups is 1. The van der Waals surface area contributed by atoms with Gasteiger partial charge in [0.25, 0.3) is 0 Å². The van der Waals surface area contributed by atoms with Gasteiger partial charge in [0.2, 0.25) is 0 Å². The minimum atomic E-state index is -0.447. The molecule has 1 aromatic carbocycles. The maximum Gasteiger partial charge on any atom is 0.313 e. The van der Waals surface area contributed by atoms with Gasteiger partial charge in [0.1, 0.15) is 12.4 Å². The molecule has 2 aromatic rings. The molecule has 0 saturated heterocycles. The molecule has 0 radical (unpaired) electrons. The van der Waals surface area contributed by atoms with Crippen molar-refractivity contribution in [2.24, 2.45) is 0 Å². The van der Waals surface area contributed by atoms with Crippen molar-refractivity contribution >= 4 is 11.5 Å². The van der Waals surface area contributed by atoms with Crippen LogP contribution in [-0.4, -0.2) is 9.91 Å². The molecule has 0 aliphatic rings. The van der Waals surface area contributed by atoms with Crippen molar-refractivity contribution in [3.8, 4) is 5.75 Å². The molecule has 0 saturated carbocycles. The molecule has 6 heteroatoms. The normalized spacial score (nSPS) is 10.2. The van der Waals surface area contributed by atoms with E-state index in [1.165, 1.54) is 0 Å². The maximum atomic E-state index is 11.0. The largest absolute Gasteiger partial charge is 0.480 e. The van der Waals surface area contributed by atoms with Crippen LogP contribution in [0.4, 0.5) is 11.5 Å². The summed E-state index contributed by atoms with van der Waals surface area (Å²) in [6.45, 7) is 1.80. The second-order valence-corrected chi connectivity index (χ2v) is 4.02. The van der Waals surface area contributed by atoms with E-state index in [4.69, 9.17) is 10.5 Å². The van der Waals surface area contributed by atoms with Crippen LogP contribution in [0.25, 0.3) is 0 Å². The molecule has 19 heavy (non-hydrogen) atoms. The number of nitrogens with zero attached hydrogens (tertiary/aromatic N) is 2. The minimum Gasteiger partial charge on any atom is -0.480 e. The number of nitrogen functional groups attached to an aromatic ring is 1. The highest BCUT2D eigenvalue weighted by Crippen LogP contribution is 2.30. The lowest BCUT2D eigenvalue weighted by molar-refractivity contribution is -0.386. The van der Waals surface area contributed by atoms with Crippen LogP contribution in [-0.2, 0) is 6.61 Å². The third-order valence-corrected chi connectivity index (χ3v) is 2.59. The second kappa shape index (κ2) is 5.34. The fourth-order valence-electron chi connectivity index (χ4n) is 1.71. The molecule has 0 bridgehead atoms. The van der Waals surface area contributed by atoms with Crippen LogP contribution in [0, 0.1) is 17.0 Å². The Bertz CT molecular complexity index is 614. The summed E-state index contributed by atoms with van der Waals surface area (Å²) in [4.78, 5) is 14.6. The number of rotatable bonds is 4. The predicted molar refractivity (Wildman–Crippen MR) is 70.8 cm³/mol. The van der Waals surface area contributed by atoms with Crippen LogP contribution in [0.1, 0.15) is 11.3 Å². The number of hydrogen-bond acceptors (Lipinski definition) is 5. The van der Waals surface area contributed by atoms with Crippen molar-refractivity contribution in [1.29, 1.82) is 0 Å². The summed E-state index contributed by atoms with van der Waals surface area (Å²) in [7, 11) is 0. The zero-order valence-electron chi connectivity index (χ0n) is 10.4. The Hall–Kier alpha value is -2.63. The number of para-hydroxylation sites is 1. The molecule has 1 aromatic heterocycles. The molecule has 0 aliphatic carbocycles. The molecule has 0 unspecified atom stereocenters. The van der Waals surface area contributed by atoms with Crippen molar-refractivity contribution in [3.05, 3.63) is 57.8 Å². The first-order valence-corrected chi connectivity index (χ1v) is 5.66. The van der Waals surface area contributed by atoms with Crippen molar-refractivity contribution < 1.29 is 9.66 Å². The maximum absolute atomic E-state index is 11.0. The summed E-state index contributed by atoms with van der Waals surface area (Å²) in [6.07, 6.45) is 0. The Morgan fingerprint density at radius 2 is 2.05 bits per heavy atom. The van der Waals surface area contributed by atoms with Gasteiger partial charge < -0.3 is 10.5 Å². The van der Waals surface area contributed by atoms with Gasteiger partial charge in [-0.2, -0.15) is 0 Å². The summed E-state index contributed by atoms with van der Waals surface area (Å²) >= 11 is 0. The number of hydrogen-bond donors (Lipinski definition) is 1. The first kappa shape index (κ1) is 12.8. The first-order valence-electron chi connectivity index (χ1n) is 5.66.